The number of carbonyl (C=O) groups is 3. The molecule has 31 heavy (non-hydrogen) atoms. The van der Waals surface area contributed by atoms with Crippen LogP contribution in [0.2, 0.25) is 0 Å². The van der Waals surface area contributed by atoms with Gasteiger partial charge in [-0.2, -0.15) is 13.2 Å². The Balaban J connectivity index is 2.36. The summed E-state index contributed by atoms with van der Waals surface area (Å²) in [6, 6.07) is 1.74. The van der Waals surface area contributed by atoms with Crippen LogP contribution in [0.1, 0.15) is 26.3 Å². The van der Waals surface area contributed by atoms with Gasteiger partial charge in [0.05, 0.1) is 17.9 Å². The number of carbonyl (C=O) groups excluding carboxylic acids is 3. The number of benzene rings is 1. The number of nitrogens with zero attached hydrogens (tertiary/aromatic N) is 2. The second kappa shape index (κ2) is 10.1. The van der Waals surface area contributed by atoms with E-state index in [1.807, 2.05) is 13.8 Å². The summed E-state index contributed by atoms with van der Waals surface area (Å²) in [5.41, 5.74) is 3.77. The van der Waals surface area contributed by atoms with Gasteiger partial charge in [-0.3, -0.25) is 19.3 Å². The van der Waals surface area contributed by atoms with Crippen LogP contribution < -0.4 is 16.0 Å². The van der Waals surface area contributed by atoms with Crippen LogP contribution in [0.3, 0.4) is 0 Å². The van der Waals surface area contributed by atoms with Crippen molar-refractivity contribution in [2.24, 2.45) is 11.7 Å². The van der Waals surface area contributed by atoms with Crippen molar-refractivity contribution in [2.75, 3.05) is 43.1 Å². The van der Waals surface area contributed by atoms with Crippen molar-refractivity contribution in [3.8, 4) is 0 Å². The fourth-order valence-electron chi connectivity index (χ4n) is 3.40. The van der Waals surface area contributed by atoms with E-state index in [0.29, 0.717) is 13.1 Å². The van der Waals surface area contributed by atoms with Crippen molar-refractivity contribution in [2.45, 2.75) is 33.0 Å². The first-order chi connectivity index (χ1) is 14.5. The molecule has 0 bridgehead atoms. The van der Waals surface area contributed by atoms with Gasteiger partial charge in [0.1, 0.15) is 6.61 Å². The number of likely N-dealkylation sites (N-methyl/N-ethyl adjacent to an activating group) is 1. The van der Waals surface area contributed by atoms with E-state index in [2.05, 4.69) is 5.32 Å². The molecular weight excluding hydrogens is 417 g/mol. The number of hydrogen-bond acceptors (Lipinski definition) is 5. The number of ether oxygens (including phenoxy) is 1. The summed E-state index contributed by atoms with van der Waals surface area (Å²) in [5, 5.41) is 2.20. The third-order valence-electron chi connectivity index (χ3n) is 4.75. The summed E-state index contributed by atoms with van der Waals surface area (Å²) in [6.45, 7) is 6.26. The third kappa shape index (κ3) is 6.17. The molecule has 1 saturated heterocycles. The van der Waals surface area contributed by atoms with Gasteiger partial charge in [-0.1, -0.05) is 20.8 Å². The molecule has 1 heterocycles. The lowest BCUT2D eigenvalue weighted by Gasteiger charge is -2.30. The lowest BCUT2D eigenvalue weighted by Crippen LogP contribution is -2.53. The Morgan fingerprint density at radius 3 is 2.52 bits per heavy atom. The number of alkyl halides is 3. The zero-order valence-electron chi connectivity index (χ0n) is 17.7. The van der Waals surface area contributed by atoms with Gasteiger partial charge in [0, 0.05) is 18.8 Å². The molecule has 8 nitrogen and oxygen atoms in total. The molecule has 0 radical (unpaired) electrons. The minimum atomic E-state index is -4.81. The molecule has 0 saturated carbocycles. The van der Waals surface area contributed by atoms with E-state index in [9.17, 15) is 27.6 Å². The van der Waals surface area contributed by atoms with Gasteiger partial charge < -0.3 is 20.7 Å². The predicted octanol–water partition coefficient (Wildman–Crippen LogP) is 1.84. The Labute approximate surface area is 178 Å². The van der Waals surface area contributed by atoms with Crippen LogP contribution in [0.25, 0.3) is 0 Å². The van der Waals surface area contributed by atoms with Crippen LogP contribution in [0.4, 0.5) is 24.5 Å². The predicted molar refractivity (Wildman–Crippen MR) is 108 cm³/mol. The van der Waals surface area contributed by atoms with Crippen molar-refractivity contribution in [1.29, 1.82) is 0 Å². The number of morpholine rings is 1. The Kier molecular flexibility index (Phi) is 8.02. The fraction of sp³-hybridized carbons (Fsp3) is 0.550. The Hall–Kier alpha value is -2.66. The average molecular weight is 444 g/mol. The minimum Gasteiger partial charge on any atom is -0.370 e. The van der Waals surface area contributed by atoms with Crippen molar-refractivity contribution in [1.82, 2.24) is 4.90 Å². The molecule has 0 aromatic heterocycles. The molecule has 172 valence electrons. The third-order valence-corrected chi connectivity index (χ3v) is 4.75. The van der Waals surface area contributed by atoms with Gasteiger partial charge in [-0.25, -0.2) is 0 Å². The molecule has 2 rings (SSSR count). The van der Waals surface area contributed by atoms with Gasteiger partial charge >= 0.3 is 6.18 Å². The van der Waals surface area contributed by atoms with Gasteiger partial charge in [-0.15, -0.1) is 0 Å². The highest BCUT2D eigenvalue weighted by Gasteiger charge is 2.37. The molecule has 1 atom stereocenters. The number of halogens is 3. The lowest BCUT2D eigenvalue weighted by atomic mass is 10.1. The topological polar surface area (TPSA) is 105 Å². The quantitative estimate of drug-likeness (QED) is 0.596. The maximum atomic E-state index is 13.7. The van der Waals surface area contributed by atoms with Crippen molar-refractivity contribution in [3.63, 3.8) is 0 Å². The van der Waals surface area contributed by atoms with Crippen molar-refractivity contribution in [3.05, 3.63) is 23.8 Å². The van der Waals surface area contributed by atoms with E-state index in [4.69, 9.17) is 10.5 Å². The zero-order chi connectivity index (χ0) is 23.3. The van der Waals surface area contributed by atoms with Crippen molar-refractivity contribution < 1.29 is 32.3 Å². The highest BCUT2D eigenvalue weighted by atomic mass is 19.4. The average Bonchev–Trinajstić information content (AvgIpc) is 2.66. The summed E-state index contributed by atoms with van der Waals surface area (Å²) in [5.74, 6) is -2.26. The summed E-state index contributed by atoms with van der Waals surface area (Å²) in [4.78, 5) is 39.4. The molecule has 0 spiro atoms. The second-order valence-electron chi connectivity index (χ2n) is 7.60. The van der Waals surface area contributed by atoms with Crippen LogP contribution in [0, 0.1) is 5.92 Å². The fourth-order valence-corrected chi connectivity index (χ4v) is 3.40. The summed E-state index contributed by atoms with van der Waals surface area (Å²) in [7, 11) is 0. The molecule has 1 aromatic rings. The van der Waals surface area contributed by atoms with Crippen LogP contribution >= 0.6 is 0 Å². The van der Waals surface area contributed by atoms with Gasteiger partial charge in [0.2, 0.25) is 5.91 Å². The molecule has 3 amide bonds. The number of amides is 3. The van der Waals surface area contributed by atoms with E-state index >= 15 is 0 Å². The number of anilines is 2. The smallest absolute Gasteiger partial charge is 0.370 e. The Bertz CT molecular complexity index is 829. The molecule has 0 unspecified atom stereocenters. The molecule has 1 fully saturated rings. The van der Waals surface area contributed by atoms with Crippen LogP contribution in [-0.4, -0.2) is 61.5 Å². The first-order valence-corrected chi connectivity index (χ1v) is 9.89. The van der Waals surface area contributed by atoms with Gasteiger partial charge in [-0.05, 0) is 30.7 Å². The summed E-state index contributed by atoms with van der Waals surface area (Å²) < 4.78 is 46.2. The van der Waals surface area contributed by atoms with E-state index < -0.39 is 41.2 Å². The number of nitrogens with one attached hydrogen (secondary N) is 1. The number of nitrogens with two attached hydrogens (primary N) is 1. The molecule has 0 aliphatic carbocycles. The van der Waals surface area contributed by atoms with E-state index in [-0.39, 0.29) is 31.4 Å². The monoisotopic (exact) mass is 444 g/mol. The van der Waals surface area contributed by atoms with Crippen LogP contribution in [0.15, 0.2) is 18.2 Å². The number of hydrogen-bond donors (Lipinski definition) is 2. The molecule has 3 N–H and O–H groups in total. The van der Waals surface area contributed by atoms with Crippen LogP contribution in [0.5, 0.6) is 0 Å². The second-order valence-corrected chi connectivity index (χ2v) is 7.60. The zero-order valence-corrected chi connectivity index (χ0v) is 17.7. The highest BCUT2D eigenvalue weighted by molar-refractivity contribution is 6.10. The molecule has 1 aliphatic rings. The van der Waals surface area contributed by atoms with Gasteiger partial charge in [0.15, 0.2) is 6.04 Å². The first-order valence-electron chi connectivity index (χ1n) is 9.89. The molecular formula is C20H27F3N4O4. The summed E-state index contributed by atoms with van der Waals surface area (Å²) in [6.07, 6.45) is -4.81. The Morgan fingerprint density at radius 1 is 1.32 bits per heavy atom. The van der Waals surface area contributed by atoms with Crippen molar-refractivity contribution >= 4 is 29.1 Å². The maximum absolute atomic E-state index is 13.7. The maximum Gasteiger partial charge on any atom is 0.418 e. The van der Waals surface area contributed by atoms with Crippen LogP contribution in [-0.2, 0) is 25.3 Å². The summed E-state index contributed by atoms with van der Waals surface area (Å²) >= 11 is 0. The molecule has 1 aliphatic heterocycles. The van der Waals surface area contributed by atoms with E-state index in [1.165, 1.54) is 15.9 Å². The largest absolute Gasteiger partial charge is 0.418 e. The number of rotatable bonds is 8. The van der Waals surface area contributed by atoms with E-state index in [1.54, 1.807) is 6.92 Å². The Morgan fingerprint density at radius 2 is 2.00 bits per heavy atom. The normalized spacial score (nSPS) is 16.0. The molecule has 11 heteroatoms. The number of primary amides is 1. The molecule has 1 aromatic carbocycles. The SMILES string of the molecule is CCN(CC(C)C)[C@H](C(N)=O)C(=O)Nc1ccc(N2CCOCC2=O)cc1C(F)(F)F. The van der Waals surface area contributed by atoms with E-state index in [0.717, 1.165) is 12.1 Å². The standard InChI is InChI=1S/C20H27F3N4O4/c1-4-26(10-12(2)3)17(18(24)29)19(30)25-15-6-5-13(9-14(15)20(21,22)23)27-7-8-31-11-16(27)28/h5-6,9,12,17H,4,7-8,10-11H2,1-3H3,(H2,24,29)(H,25,30)/t17-/m1/s1. The minimum absolute atomic E-state index is 0.0417. The highest BCUT2D eigenvalue weighted by Crippen LogP contribution is 2.37. The van der Waals surface area contributed by atoms with Gasteiger partial charge in [0.25, 0.3) is 11.8 Å². The lowest BCUT2D eigenvalue weighted by molar-refractivity contribution is -0.137. The first kappa shape index (κ1) is 24.6.